The number of nitrogens with one attached hydrogen (secondary N) is 1. The molecule has 7 nitrogen and oxygen atoms in total. The maximum absolute atomic E-state index is 13.2. The fraction of sp³-hybridized carbons (Fsp3) is 0.222. The topological polar surface area (TPSA) is 86.6 Å². The van der Waals surface area contributed by atoms with Crippen molar-refractivity contribution >= 4 is 29.9 Å². The molecule has 176 valence electrons. The zero-order valence-electron chi connectivity index (χ0n) is 19.5. The highest BCUT2D eigenvalue weighted by molar-refractivity contribution is 5.84. The van der Waals surface area contributed by atoms with Gasteiger partial charge in [0.25, 0.3) is 5.56 Å². The van der Waals surface area contributed by atoms with Gasteiger partial charge in [0.2, 0.25) is 0 Å². The molecule has 1 N–H and O–H groups in total. The summed E-state index contributed by atoms with van der Waals surface area (Å²) in [6.45, 7) is 5.02. The maximum atomic E-state index is 13.2. The molecule has 3 rings (SSSR count). The Bertz CT molecular complexity index is 1210. The number of rotatable bonds is 7. The van der Waals surface area contributed by atoms with E-state index in [-0.39, 0.29) is 18.8 Å². The summed E-state index contributed by atoms with van der Waals surface area (Å²) in [5.41, 5.74) is 1.00. The van der Waals surface area contributed by atoms with Crippen LogP contribution in [-0.2, 0) is 27.4 Å². The summed E-state index contributed by atoms with van der Waals surface area (Å²) in [6.07, 6.45) is 2.80. The predicted octanol–water partition coefficient (Wildman–Crippen LogP) is 5.11. The van der Waals surface area contributed by atoms with Crippen molar-refractivity contribution in [3.05, 3.63) is 100.0 Å². The van der Waals surface area contributed by atoms with Crippen LogP contribution in [-0.4, -0.2) is 22.2 Å². The van der Waals surface area contributed by atoms with E-state index in [1.807, 2.05) is 66.7 Å². The van der Waals surface area contributed by atoms with E-state index >= 15 is 0 Å². The van der Waals surface area contributed by atoms with E-state index in [0.29, 0.717) is 5.69 Å². The third kappa shape index (κ3) is 7.48. The van der Waals surface area contributed by atoms with Gasteiger partial charge in [0.05, 0.1) is 0 Å². The van der Waals surface area contributed by atoms with Gasteiger partial charge >= 0.3 is 12.1 Å². The molecule has 0 aliphatic rings. The molecule has 0 saturated heterocycles. The molecule has 0 radical (unpaired) electrons. The van der Waals surface area contributed by atoms with Crippen LogP contribution in [0.15, 0.2) is 77.6 Å². The second-order valence-electron chi connectivity index (χ2n) is 8.58. The van der Waals surface area contributed by atoms with Crippen LogP contribution in [0, 0.1) is 0 Å². The molecule has 3 aromatic rings. The van der Waals surface area contributed by atoms with Gasteiger partial charge in [-0.15, -0.1) is 0 Å². The van der Waals surface area contributed by atoms with Gasteiger partial charge in [-0.3, -0.25) is 19.5 Å². The van der Waals surface area contributed by atoms with E-state index in [0.717, 1.165) is 11.1 Å². The van der Waals surface area contributed by atoms with Crippen LogP contribution < -0.4 is 10.9 Å². The Balaban J connectivity index is 1.83. The van der Waals surface area contributed by atoms with Crippen molar-refractivity contribution in [1.82, 2.24) is 4.57 Å². The van der Waals surface area contributed by atoms with E-state index < -0.39 is 23.2 Å². The largest absolute Gasteiger partial charge is 0.459 e. The molecular formula is C27H28N2O5. The predicted molar refractivity (Wildman–Crippen MR) is 132 cm³/mol. The van der Waals surface area contributed by atoms with Crippen LogP contribution in [0.2, 0.25) is 0 Å². The normalized spacial score (nSPS) is 11.3. The van der Waals surface area contributed by atoms with Gasteiger partial charge < -0.3 is 9.47 Å². The van der Waals surface area contributed by atoms with Crippen LogP contribution in [0.1, 0.15) is 37.6 Å². The van der Waals surface area contributed by atoms with Gasteiger partial charge in [-0.2, -0.15) is 0 Å². The maximum Gasteiger partial charge on any atom is 0.412 e. The lowest BCUT2D eigenvalue weighted by Crippen LogP contribution is -2.33. The summed E-state index contributed by atoms with van der Waals surface area (Å²) >= 11 is 0. The van der Waals surface area contributed by atoms with E-state index in [1.165, 1.54) is 10.6 Å². The SMILES string of the molecule is CC(C)(C)OC(=O)Cn1c(/C=C/c2ccccc2)ccc(NC(=O)OCc2ccccc2)c1=O. The monoisotopic (exact) mass is 460 g/mol. The smallest absolute Gasteiger partial charge is 0.412 e. The number of carbonyl (C=O) groups excluding carboxylic acids is 2. The van der Waals surface area contributed by atoms with Gasteiger partial charge in [-0.25, -0.2) is 4.79 Å². The molecule has 0 fully saturated rings. The molecule has 34 heavy (non-hydrogen) atoms. The highest BCUT2D eigenvalue weighted by Crippen LogP contribution is 2.13. The van der Waals surface area contributed by atoms with E-state index in [1.54, 1.807) is 32.9 Å². The number of pyridine rings is 1. The van der Waals surface area contributed by atoms with Gasteiger partial charge in [0, 0.05) is 5.69 Å². The summed E-state index contributed by atoms with van der Waals surface area (Å²) in [4.78, 5) is 37.9. The fourth-order valence-electron chi connectivity index (χ4n) is 3.11. The standard InChI is InChI=1S/C27H28N2O5/c1-27(2,3)34-24(30)18-29-22(15-14-20-10-6-4-7-11-20)16-17-23(25(29)31)28-26(32)33-19-21-12-8-5-9-13-21/h4-17H,18-19H2,1-3H3,(H,28,32)/b15-14+. The minimum Gasteiger partial charge on any atom is -0.459 e. The minimum absolute atomic E-state index is 0.00141. The van der Waals surface area contributed by atoms with Gasteiger partial charge in [0.15, 0.2) is 0 Å². The number of carbonyl (C=O) groups is 2. The molecule has 7 heteroatoms. The molecular weight excluding hydrogens is 432 g/mol. The third-order valence-electron chi connectivity index (χ3n) is 4.61. The Kier molecular flexibility index (Phi) is 8.03. The molecule has 0 spiro atoms. The Hall–Kier alpha value is -4.13. The molecule has 0 aliphatic carbocycles. The van der Waals surface area contributed by atoms with Crippen molar-refractivity contribution in [1.29, 1.82) is 0 Å². The van der Waals surface area contributed by atoms with Gasteiger partial charge in [-0.05, 0) is 50.1 Å². The van der Waals surface area contributed by atoms with Crippen LogP contribution in [0.25, 0.3) is 12.2 Å². The number of anilines is 1. The molecule has 2 aromatic carbocycles. The first-order valence-electron chi connectivity index (χ1n) is 10.9. The van der Waals surface area contributed by atoms with Crippen molar-refractivity contribution in [3.8, 4) is 0 Å². The first-order valence-corrected chi connectivity index (χ1v) is 10.9. The zero-order valence-corrected chi connectivity index (χ0v) is 19.5. The summed E-state index contributed by atoms with van der Waals surface area (Å²) in [6, 6.07) is 21.9. The van der Waals surface area contributed by atoms with Crippen LogP contribution in [0.4, 0.5) is 10.5 Å². The first kappa shape index (κ1) is 24.5. The summed E-state index contributed by atoms with van der Waals surface area (Å²) in [5, 5.41) is 2.47. The van der Waals surface area contributed by atoms with Crippen molar-refractivity contribution in [3.63, 3.8) is 0 Å². The lowest BCUT2D eigenvalue weighted by atomic mass is 10.2. The molecule has 0 saturated carbocycles. The van der Waals surface area contributed by atoms with Gasteiger partial charge in [0.1, 0.15) is 24.4 Å². The number of ether oxygens (including phenoxy) is 2. The molecule has 1 aromatic heterocycles. The summed E-state index contributed by atoms with van der Waals surface area (Å²) in [5.74, 6) is -0.562. The van der Waals surface area contributed by atoms with Crippen molar-refractivity contribution in [2.45, 2.75) is 39.5 Å². The molecule has 1 heterocycles. The molecule has 0 aliphatic heterocycles. The minimum atomic E-state index is -0.766. The Morgan fingerprint density at radius 3 is 2.21 bits per heavy atom. The highest BCUT2D eigenvalue weighted by Gasteiger charge is 2.19. The van der Waals surface area contributed by atoms with E-state index in [4.69, 9.17) is 9.47 Å². The van der Waals surface area contributed by atoms with Crippen LogP contribution in [0.5, 0.6) is 0 Å². The van der Waals surface area contributed by atoms with E-state index in [9.17, 15) is 14.4 Å². The van der Waals surface area contributed by atoms with Crippen molar-refractivity contribution in [2.24, 2.45) is 0 Å². The lowest BCUT2D eigenvalue weighted by Gasteiger charge is -2.20. The number of nitrogens with zero attached hydrogens (tertiary/aromatic N) is 1. The number of benzene rings is 2. The Morgan fingerprint density at radius 2 is 1.56 bits per heavy atom. The quantitative estimate of drug-likeness (QED) is 0.495. The Labute approximate surface area is 198 Å². The van der Waals surface area contributed by atoms with Crippen molar-refractivity contribution in [2.75, 3.05) is 5.32 Å². The average Bonchev–Trinajstić information content (AvgIpc) is 2.80. The van der Waals surface area contributed by atoms with E-state index in [2.05, 4.69) is 5.32 Å². The van der Waals surface area contributed by atoms with Crippen LogP contribution in [0.3, 0.4) is 0 Å². The lowest BCUT2D eigenvalue weighted by molar-refractivity contribution is -0.155. The summed E-state index contributed by atoms with van der Waals surface area (Å²) < 4.78 is 11.9. The number of hydrogen-bond donors (Lipinski definition) is 1. The third-order valence-corrected chi connectivity index (χ3v) is 4.61. The number of esters is 1. The number of amides is 1. The first-order chi connectivity index (χ1) is 16.2. The number of aromatic nitrogens is 1. The molecule has 0 unspecified atom stereocenters. The highest BCUT2D eigenvalue weighted by atomic mass is 16.6. The van der Waals surface area contributed by atoms with Gasteiger partial charge in [-0.1, -0.05) is 66.7 Å². The molecule has 0 atom stereocenters. The second kappa shape index (κ2) is 11.1. The fourth-order valence-corrected chi connectivity index (χ4v) is 3.11. The molecule has 1 amide bonds. The number of hydrogen-bond acceptors (Lipinski definition) is 5. The van der Waals surface area contributed by atoms with Crippen molar-refractivity contribution < 1.29 is 19.1 Å². The van der Waals surface area contributed by atoms with Crippen LogP contribution >= 0.6 is 0 Å². The average molecular weight is 461 g/mol. The summed E-state index contributed by atoms with van der Waals surface area (Å²) in [7, 11) is 0. The molecule has 0 bridgehead atoms. The zero-order chi connectivity index (χ0) is 24.6. The second-order valence-corrected chi connectivity index (χ2v) is 8.58. The Morgan fingerprint density at radius 1 is 0.912 bits per heavy atom.